The molecular formula is C13H15N. The van der Waals surface area contributed by atoms with E-state index in [1.807, 2.05) is 32.1 Å². The van der Waals surface area contributed by atoms with Crippen molar-refractivity contribution >= 4 is 5.57 Å². The van der Waals surface area contributed by atoms with Crippen LogP contribution in [0.25, 0.3) is 5.57 Å². The molecule has 72 valence electrons. The van der Waals surface area contributed by atoms with Gasteiger partial charge < -0.3 is 0 Å². The van der Waals surface area contributed by atoms with E-state index in [2.05, 4.69) is 23.7 Å². The molecular weight excluding hydrogens is 170 g/mol. The fourth-order valence-electron chi connectivity index (χ4n) is 1.22. The second kappa shape index (κ2) is 5.18. The maximum absolute atomic E-state index is 3.99. The molecule has 1 rings (SSSR count). The van der Waals surface area contributed by atoms with Gasteiger partial charge in [-0.25, -0.2) is 0 Å². The summed E-state index contributed by atoms with van der Waals surface area (Å²) < 4.78 is 0. The fourth-order valence-corrected chi connectivity index (χ4v) is 1.22. The van der Waals surface area contributed by atoms with Crippen LogP contribution in [-0.4, -0.2) is 4.98 Å². The second-order valence-electron chi connectivity index (χ2n) is 3.18. The molecule has 0 aliphatic rings. The molecule has 0 amide bonds. The van der Waals surface area contributed by atoms with Crippen molar-refractivity contribution in [3.05, 3.63) is 60.5 Å². The quantitative estimate of drug-likeness (QED) is 0.655. The van der Waals surface area contributed by atoms with E-state index < -0.39 is 0 Å². The van der Waals surface area contributed by atoms with E-state index in [0.717, 1.165) is 5.57 Å². The second-order valence-corrected chi connectivity index (χ2v) is 3.18. The maximum atomic E-state index is 3.99. The zero-order valence-electron chi connectivity index (χ0n) is 8.70. The Kier molecular flexibility index (Phi) is 3.86. The first-order valence-corrected chi connectivity index (χ1v) is 4.64. The standard InChI is InChI=1S/C13H15N/c1-4-5-13(10-11(2)3)12-6-8-14-9-7-12/h4-10H,2H2,1,3H3/b5-4-,13-10+. The van der Waals surface area contributed by atoms with Crippen molar-refractivity contribution in [2.45, 2.75) is 13.8 Å². The molecule has 0 fully saturated rings. The molecule has 14 heavy (non-hydrogen) atoms. The molecule has 0 unspecified atom stereocenters. The Labute approximate surface area is 85.5 Å². The maximum Gasteiger partial charge on any atom is 0.0273 e. The van der Waals surface area contributed by atoms with E-state index in [1.165, 1.54) is 11.1 Å². The molecule has 1 aromatic rings. The molecule has 1 nitrogen and oxygen atoms in total. The summed E-state index contributed by atoms with van der Waals surface area (Å²) in [5.74, 6) is 0. The summed E-state index contributed by atoms with van der Waals surface area (Å²) >= 11 is 0. The van der Waals surface area contributed by atoms with Gasteiger partial charge in [0.2, 0.25) is 0 Å². The van der Waals surface area contributed by atoms with Gasteiger partial charge in [0.05, 0.1) is 0 Å². The summed E-state index contributed by atoms with van der Waals surface area (Å²) in [5.41, 5.74) is 3.39. The van der Waals surface area contributed by atoms with Crippen molar-refractivity contribution in [1.82, 2.24) is 4.98 Å². The van der Waals surface area contributed by atoms with Crippen LogP contribution >= 0.6 is 0 Å². The van der Waals surface area contributed by atoms with Crippen molar-refractivity contribution in [3.63, 3.8) is 0 Å². The highest BCUT2D eigenvalue weighted by Crippen LogP contribution is 2.16. The Morgan fingerprint density at radius 2 is 2.00 bits per heavy atom. The lowest BCUT2D eigenvalue weighted by molar-refractivity contribution is 1.32. The third kappa shape index (κ3) is 3.02. The van der Waals surface area contributed by atoms with Gasteiger partial charge in [-0.15, -0.1) is 0 Å². The molecule has 0 saturated heterocycles. The topological polar surface area (TPSA) is 12.9 Å². The van der Waals surface area contributed by atoms with Gasteiger partial charge in [0.1, 0.15) is 0 Å². The molecule has 1 heteroatoms. The van der Waals surface area contributed by atoms with E-state index in [0.29, 0.717) is 0 Å². The minimum atomic E-state index is 1.05. The minimum absolute atomic E-state index is 1.05. The molecule has 0 atom stereocenters. The number of hydrogen-bond donors (Lipinski definition) is 0. The molecule has 0 aliphatic heterocycles. The number of allylic oxidation sites excluding steroid dienone is 5. The summed E-state index contributed by atoms with van der Waals surface area (Å²) in [4.78, 5) is 3.99. The monoisotopic (exact) mass is 185 g/mol. The molecule has 0 saturated carbocycles. The smallest absolute Gasteiger partial charge is 0.0273 e. The summed E-state index contributed by atoms with van der Waals surface area (Å²) in [7, 11) is 0. The SMILES string of the molecule is C=C(C)/C=C(\C=C/C)c1ccncc1. The molecule has 0 spiro atoms. The largest absolute Gasteiger partial charge is 0.265 e. The van der Waals surface area contributed by atoms with Gasteiger partial charge in [-0.3, -0.25) is 4.98 Å². The van der Waals surface area contributed by atoms with Gasteiger partial charge in [-0.05, 0) is 37.1 Å². The van der Waals surface area contributed by atoms with Gasteiger partial charge in [0.15, 0.2) is 0 Å². The van der Waals surface area contributed by atoms with Crippen LogP contribution < -0.4 is 0 Å². The van der Waals surface area contributed by atoms with Crippen molar-refractivity contribution in [1.29, 1.82) is 0 Å². The van der Waals surface area contributed by atoms with Crippen LogP contribution in [0.4, 0.5) is 0 Å². The third-order valence-electron chi connectivity index (χ3n) is 1.76. The van der Waals surface area contributed by atoms with Crippen molar-refractivity contribution in [2.75, 3.05) is 0 Å². The first-order valence-electron chi connectivity index (χ1n) is 4.64. The average molecular weight is 185 g/mol. The number of aromatic nitrogens is 1. The Hall–Kier alpha value is -1.63. The van der Waals surface area contributed by atoms with Crippen molar-refractivity contribution < 1.29 is 0 Å². The lowest BCUT2D eigenvalue weighted by Crippen LogP contribution is -1.82. The molecule has 0 N–H and O–H groups in total. The van der Waals surface area contributed by atoms with Crippen LogP contribution in [0.2, 0.25) is 0 Å². The molecule has 0 bridgehead atoms. The zero-order valence-corrected chi connectivity index (χ0v) is 8.70. The van der Waals surface area contributed by atoms with Gasteiger partial charge >= 0.3 is 0 Å². The molecule has 1 aromatic heterocycles. The summed E-state index contributed by atoms with van der Waals surface area (Å²) in [6.45, 7) is 7.87. The summed E-state index contributed by atoms with van der Waals surface area (Å²) in [6, 6.07) is 3.99. The van der Waals surface area contributed by atoms with Crippen molar-refractivity contribution in [3.8, 4) is 0 Å². The fraction of sp³-hybridized carbons (Fsp3) is 0.154. The van der Waals surface area contributed by atoms with Gasteiger partial charge in [-0.2, -0.15) is 0 Å². The lowest BCUT2D eigenvalue weighted by atomic mass is 10.0. The predicted octanol–water partition coefficient (Wildman–Crippen LogP) is 3.62. The highest BCUT2D eigenvalue weighted by atomic mass is 14.6. The molecule has 0 aliphatic carbocycles. The van der Waals surface area contributed by atoms with Gasteiger partial charge in [0, 0.05) is 12.4 Å². The molecule has 1 heterocycles. The molecule has 0 aromatic carbocycles. The average Bonchev–Trinajstić information content (AvgIpc) is 2.18. The lowest BCUT2D eigenvalue weighted by Gasteiger charge is -2.01. The Morgan fingerprint density at radius 1 is 1.36 bits per heavy atom. The number of pyridine rings is 1. The number of hydrogen-bond acceptors (Lipinski definition) is 1. The first-order chi connectivity index (χ1) is 6.74. The van der Waals surface area contributed by atoms with E-state index in [-0.39, 0.29) is 0 Å². The highest BCUT2D eigenvalue weighted by Gasteiger charge is 1.95. The third-order valence-corrected chi connectivity index (χ3v) is 1.76. The highest BCUT2D eigenvalue weighted by molar-refractivity contribution is 5.75. The first kappa shape index (κ1) is 10.5. The van der Waals surface area contributed by atoms with Gasteiger partial charge in [-0.1, -0.05) is 30.4 Å². The van der Waals surface area contributed by atoms with E-state index in [4.69, 9.17) is 0 Å². The van der Waals surface area contributed by atoms with Crippen LogP contribution in [0.1, 0.15) is 19.4 Å². The minimum Gasteiger partial charge on any atom is -0.265 e. The van der Waals surface area contributed by atoms with E-state index in [1.54, 1.807) is 12.4 Å². The van der Waals surface area contributed by atoms with Gasteiger partial charge in [0.25, 0.3) is 0 Å². The van der Waals surface area contributed by atoms with Crippen LogP contribution in [0, 0.1) is 0 Å². The predicted molar refractivity (Wildman–Crippen MR) is 61.8 cm³/mol. The summed E-state index contributed by atoms with van der Waals surface area (Å²) in [5, 5.41) is 0. The normalized spacial score (nSPS) is 12.0. The number of nitrogens with zero attached hydrogens (tertiary/aromatic N) is 1. The van der Waals surface area contributed by atoms with E-state index >= 15 is 0 Å². The number of rotatable bonds is 3. The van der Waals surface area contributed by atoms with Crippen LogP contribution in [0.3, 0.4) is 0 Å². The Bertz CT molecular complexity index is 358. The molecule has 0 radical (unpaired) electrons. The van der Waals surface area contributed by atoms with E-state index in [9.17, 15) is 0 Å². The van der Waals surface area contributed by atoms with Crippen LogP contribution in [0.15, 0.2) is 54.9 Å². The Balaban J connectivity index is 3.07. The van der Waals surface area contributed by atoms with Crippen molar-refractivity contribution in [2.24, 2.45) is 0 Å². The van der Waals surface area contributed by atoms with Crippen LogP contribution in [-0.2, 0) is 0 Å². The summed E-state index contributed by atoms with van der Waals surface area (Å²) in [6.07, 6.45) is 9.75. The van der Waals surface area contributed by atoms with Crippen LogP contribution in [0.5, 0.6) is 0 Å². The zero-order chi connectivity index (χ0) is 10.4. The Morgan fingerprint density at radius 3 is 2.50 bits per heavy atom.